The van der Waals surface area contributed by atoms with E-state index in [4.69, 9.17) is 0 Å². The normalized spacial score (nSPS) is 9.93. The molecule has 0 saturated carbocycles. The van der Waals surface area contributed by atoms with Gasteiger partial charge < -0.3 is 5.32 Å². The van der Waals surface area contributed by atoms with Gasteiger partial charge in [-0.3, -0.25) is 4.79 Å². The van der Waals surface area contributed by atoms with Crippen molar-refractivity contribution in [2.45, 2.75) is 6.42 Å². The van der Waals surface area contributed by atoms with Gasteiger partial charge in [0.1, 0.15) is 11.6 Å². The molecule has 0 aromatic heterocycles. The molecule has 0 aliphatic heterocycles. The quantitative estimate of drug-likeness (QED) is 0.746. The van der Waals surface area contributed by atoms with Crippen molar-refractivity contribution in [3.63, 3.8) is 0 Å². The van der Waals surface area contributed by atoms with Gasteiger partial charge in [0.15, 0.2) is 0 Å². The van der Waals surface area contributed by atoms with Crippen LogP contribution in [0.2, 0.25) is 0 Å². The number of hydrogen-bond acceptors (Lipinski definition) is 1. The molecule has 0 fully saturated rings. The molecule has 0 aliphatic carbocycles. The number of thiol groups is 1. The summed E-state index contributed by atoms with van der Waals surface area (Å²) in [6.07, 6.45) is 0.246. The first-order chi connectivity index (χ1) is 6.59. The summed E-state index contributed by atoms with van der Waals surface area (Å²) in [5.41, 5.74) is 0.243. The van der Waals surface area contributed by atoms with Crippen LogP contribution in [0, 0.1) is 11.6 Å². The number of nitrogens with one attached hydrogen (secondary N) is 1. The molecular weight excluding hydrogens is 208 g/mol. The van der Waals surface area contributed by atoms with Crippen LogP contribution >= 0.6 is 12.6 Å². The average molecular weight is 217 g/mol. The number of halogens is 2. The van der Waals surface area contributed by atoms with Crippen LogP contribution in [0.5, 0.6) is 0 Å². The van der Waals surface area contributed by atoms with Crippen LogP contribution in [0.25, 0.3) is 0 Å². The van der Waals surface area contributed by atoms with Gasteiger partial charge in [0.25, 0.3) is 5.24 Å². The molecule has 0 atom stereocenters. The van der Waals surface area contributed by atoms with Crippen molar-refractivity contribution < 1.29 is 13.6 Å². The van der Waals surface area contributed by atoms with E-state index in [1.54, 1.807) is 0 Å². The van der Waals surface area contributed by atoms with Gasteiger partial charge in [-0.2, -0.15) is 0 Å². The fraction of sp³-hybridized carbons (Fsp3) is 0.222. The van der Waals surface area contributed by atoms with Crippen molar-refractivity contribution >= 4 is 17.9 Å². The maximum atomic E-state index is 13.0. The highest BCUT2D eigenvalue weighted by molar-refractivity contribution is 7.96. The molecule has 1 aromatic rings. The minimum absolute atomic E-state index is 0.239. The van der Waals surface area contributed by atoms with Crippen LogP contribution in [-0.2, 0) is 6.42 Å². The second-order valence-electron chi connectivity index (χ2n) is 2.72. The number of carbonyl (C=O) groups is 1. The topological polar surface area (TPSA) is 29.1 Å². The van der Waals surface area contributed by atoms with Crippen molar-refractivity contribution in [3.8, 4) is 0 Å². The zero-order valence-corrected chi connectivity index (χ0v) is 8.15. The largest absolute Gasteiger partial charge is 0.347 e. The molecule has 0 saturated heterocycles. The molecule has 0 bridgehead atoms. The highest BCUT2D eigenvalue weighted by Crippen LogP contribution is 2.09. The lowest BCUT2D eigenvalue weighted by Crippen LogP contribution is -2.19. The summed E-state index contributed by atoms with van der Waals surface area (Å²) in [7, 11) is 0. The first kappa shape index (κ1) is 11.0. The third-order valence-corrected chi connectivity index (χ3v) is 1.84. The molecule has 2 nitrogen and oxygen atoms in total. The molecule has 0 radical (unpaired) electrons. The van der Waals surface area contributed by atoms with E-state index >= 15 is 0 Å². The Morgan fingerprint density at radius 2 is 2.14 bits per heavy atom. The summed E-state index contributed by atoms with van der Waals surface area (Å²) in [6.45, 7) is 0.239. The van der Waals surface area contributed by atoms with Crippen molar-refractivity contribution in [2.24, 2.45) is 0 Å². The van der Waals surface area contributed by atoms with E-state index in [-0.39, 0.29) is 18.5 Å². The first-order valence-corrected chi connectivity index (χ1v) is 4.45. The Hall–Kier alpha value is -1.10. The predicted molar refractivity (Wildman–Crippen MR) is 52.4 cm³/mol. The smallest absolute Gasteiger partial charge is 0.275 e. The third kappa shape index (κ3) is 3.33. The maximum absolute atomic E-state index is 13.0. The third-order valence-electron chi connectivity index (χ3n) is 1.68. The molecule has 5 heteroatoms. The zero-order chi connectivity index (χ0) is 10.6. The maximum Gasteiger partial charge on any atom is 0.275 e. The highest BCUT2D eigenvalue weighted by Gasteiger charge is 2.03. The lowest BCUT2D eigenvalue weighted by molar-refractivity contribution is 0.261. The Bertz CT molecular complexity index is 344. The van der Waals surface area contributed by atoms with E-state index in [0.717, 1.165) is 18.2 Å². The van der Waals surface area contributed by atoms with Crippen LogP contribution in [0.3, 0.4) is 0 Å². The minimum Gasteiger partial charge on any atom is -0.347 e. The van der Waals surface area contributed by atoms with Crippen LogP contribution in [-0.4, -0.2) is 11.8 Å². The number of hydrogen-bond donors (Lipinski definition) is 2. The van der Waals surface area contributed by atoms with Crippen molar-refractivity contribution in [1.29, 1.82) is 0 Å². The van der Waals surface area contributed by atoms with Gasteiger partial charge in [-0.25, -0.2) is 8.78 Å². The molecule has 0 unspecified atom stereocenters. The van der Waals surface area contributed by atoms with Crippen molar-refractivity contribution in [1.82, 2.24) is 5.32 Å². The Labute approximate surface area is 85.7 Å². The Morgan fingerprint density at radius 1 is 1.43 bits per heavy atom. The molecule has 0 aliphatic rings. The van der Waals surface area contributed by atoms with E-state index in [9.17, 15) is 13.6 Å². The van der Waals surface area contributed by atoms with Crippen molar-refractivity contribution in [2.75, 3.05) is 6.54 Å². The Morgan fingerprint density at radius 3 is 2.79 bits per heavy atom. The van der Waals surface area contributed by atoms with Crippen molar-refractivity contribution in [3.05, 3.63) is 35.4 Å². The van der Waals surface area contributed by atoms with E-state index in [2.05, 4.69) is 17.9 Å². The second kappa shape index (κ2) is 4.95. The molecule has 0 heterocycles. The van der Waals surface area contributed by atoms with Gasteiger partial charge in [-0.15, -0.1) is 0 Å². The van der Waals surface area contributed by atoms with Crippen LogP contribution in [0.15, 0.2) is 18.2 Å². The first-order valence-electron chi connectivity index (χ1n) is 4.00. The number of benzene rings is 1. The molecule has 76 valence electrons. The lowest BCUT2D eigenvalue weighted by Gasteiger charge is -2.03. The van der Waals surface area contributed by atoms with E-state index in [1.165, 1.54) is 0 Å². The van der Waals surface area contributed by atoms with E-state index < -0.39 is 16.9 Å². The summed E-state index contributed by atoms with van der Waals surface area (Å²) in [5, 5.41) is 1.89. The predicted octanol–water partition coefficient (Wildman–Crippen LogP) is 2.15. The van der Waals surface area contributed by atoms with Gasteiger partial charge in [0.05, 0.1) is 0 Å². The molecule has 1 amide bonds. The SMILES string of the molecule is O=C(S)NCCc1cc(F)ccc1F. The van der Waals surface area contributed by atoms with Crippen LogP contribution in [0.4, 0.5) is 13.6 Å². The van der Waals surface area contributed by atoms with E-state index in [0.29, 0.717) is 0 Å². The van der Waals surface area contributed by atoms with Crippen LogP contribution < -0.4 is 5.32 Å². The fourth-order valence-corrected chi connectivity index (χ4v) is 1.15. The lowest BCUT2D eigenvalue weighted by atomic mass is 10.1. The van der Waals surface area contributed by atoms with Gasteiger partial charge >= 0.3 is 0 Å². The van der Waals surface area contributed by atoms with E-state index in [1.807, 2.05) is 0 Å². The molecule has 0 spiro atoms. The Balaban J connectivity index is 2.57. The summed E-state index contributed by atoms with van der Waals surface area (Å²) in [5.74, 6) is -0.960. The summed E-state index contributed by atoms with van der Waals surface area (Å²) >= 11 is 3.47. The molecular formula is C9H9F2NOS. The zero-order valence-electron chi connectivity index (χ0n) is 7.26. The average Bonchev–Trinajstić information content (AvgIpc) is 2.10. The molecule has 14 heavy (non-hydrogen) atoms. The highest BCUT2D eigenvalue weighted by atomic mass is 32.1. The summed E-state index contributed by atoms with van der Waals surface area (Å²) in [6, 6.07) is 3.23. The molecule has 1 aromatic carbocycles. The van der Waals surface area contributed by atoms with Gasteiger partial charge in [-0.1, -0.05) is 12.6 Å². The summed E-state index contributed by atoms with van der Waals surface area (Å²) < 4.78 is 25.7. The number of rotatable bonds is 3. The number of amides is 1. The van der Waals surface area contributed by atoms with Gasteiger partial charge in [0.2, 0.25) is 0 Å². The fourth-order valence-electron chi connectivity index (χ4n) is 1.04. The number of carbonyl (C=O) groups excluding carboxylic acids is 1. The monoisotopic (exact) mass is 217 g/mol. The molecule has 1 N–H and O–H groups in total. The van der Waals surface area contributed by atoms with Gasteiger partial charge in [0, 0.05) is 6.54 Å². The van der Waals surface area contributed by atoms with Crippen LogP contribution in [0.1, 0.15) is 5.56 Å². The second-order valence-corrected chi connectivity index (χ2v) is 3.12. The Kier molecular flexibility index (Phi) is 3.88. The standard InChI is InChI=1S/C9H9F2NOS/c10-7-1-2-8(11)6(5-7)3-4-12-9(13)14/h1-2,5H,3-4H2,(H2,12,13,14). The minimum atomic E-state index is -0.487. The van der Waals surface area contributed by atoms with Gasteiger partial charge in [-0.05, 0) is 30.2 Å². The molecule has 1 rings (SSSR count). The summed E-state index contributed by atoms with van der Waals surface area (Å²) in [4.78, 5) is 10.4.